The van der Waals surface area contributed by atoms with E-state index in [1.54, 1.807) is 0 Å². The summed E-state index contributed by atoms with van der Waals surface area (Å²) < 4.78 is 5.97. The molecule has 1 aliphatic rings. The van der Waals surface area contributed by atoms with Gasteiger partial charge in [0.2, 0.25) is 0 Å². The fraction of sp³-hybridized carbons (Fsp3) is 0.692. The number of hydrogen-bond acceptors (Lipinski definition) is 1. The van der Waals surface area contributed by atoms with Crippen LogP contribution in [0.15, 0.2) is 17.7 Å². The standard InChI is InChI=1S/C13H23OSi.2ClH.Ti/c1-4-5-10-14-13(15(2)3)11-12-8-6-7-9-12;;;/h6,8,13,15H,4-5,7,10-11H2,1-3H3;2*1H;/q-1;;;+3/p-2. The van der Waals surface area contributed by atoms with E-state index in [0.717, 1.165) is 19.4 Å². The van der Waals surface area contributed by atoms with Crippen LogP contribution in [0.3, 0.4) is 0 Å². The summed E-state index contributed by atoms with van der Waals surface area (Å²) in [6.45, 7) is 7.89. The molecule has 1 radical (unpaired) electrons. The molecule has 0 amide bonds. The van der Waals surface area contributed by atoms with Gasteiger partial charge in [0.1, 0.15) is 0 Å². The molecular formula is C13H23Cl2OSiTi. The smallest absolute Gasteiger partial charge is 1.00 e. The molecule has 103 valence electrons. The molecule has 0 bridgehead atoms. The Balaban J connectivity index is -0.000000750. The zero-order valence-electron chi connectivity index (χ0n) is 11.5. The Morgan fingerprint density at radius 1 is 1.39 bits per heavy atom. The number of allylic oxidation sites excluding steroid dienone is 3. The summed E-state index contributed by atoms with van der Waals surface area (Å²) in [5, 5.41) is 0. The molecule has 18 heavy (non-hydrogen) atoms. The zero-order chi connectivity index (χ0) is 11.1. The van der Waals surface area contributed by atoms with E-state index in [-0.39, 0.29) is 46.5 Å². The second kappa shape index (κ2) is 14.4. The van der Waals surface area contributed by atoms with Gasteiger partial charge in [-0.2, -0.15) is 6.08 Å². The molecule has 0 saturated heterocycles. The molecule has 0 fully saturated rings. The third kappa shape index (κ3) is 9.83. The molecule has 0 spiro atoms. The van der Waals surface area contributed by atoms with Crippen LogP contribution in [0, 0.1) is 6.08 Å². The van der Waals surface area contributed by atoms with Crippen LogP contribution in [-0.4, -0.2) is 21.1 Å². The van der Waals surface area contributed by atoms with Crippen molar-refractivity contribution < 1.29 is 51.3 Å². The van der Waals surface area contributed by atoms with Gasteiger partial charge in [0, 0.05) is 12.3 Å². The van der Waals surface area contributed by atoms with Gasteiger partial charge in [-0.3, -0.25) is 6.08 Å². The van der Waals surface area contributed by atoms with Crippen molar-refractivity contribution in [1.29, 1.82) is 0 Å². The van der Waals surface area contributed by atoms with Crippen molar-refractivity contribution in [2.75, 3.05) is 6.61 Å². The molecule has 1 atom stereocenters. The summed E-state index contributed by atoms with van der Waals surface area (Å²) in [5.41, 5.74) is 1.86. The van der Waals surface area contributed by atoms with Crippen molar-refractivity contribution in [3.8, 4) is 0 Å². The molecule has 0 aromatic carbocycles. The van der Waals surface area contributed by atoms with E-state index in [4.69, 9.17) is 4.74 Å². The first-order valence-electron chi connectivity index (χ1n) is 6.12. The zero-order valence-corrected chi connectivity index (χ0v) is 15.7. The van der Waals surface area contributed by atoms with E-state index in [2.05, 4.69) is 38.2 Å². The topological polar surface area (TPSA) is 9.23 Å². The second-order valence-corrected chi connectivity index (χ2v) is 7.75. The summed E-state index contributed by atoms with van der Waals surface area (Å²) in [6.07, 6.45) is 12.3. The average Bonchev–Trinajstić information content (AvgIpc) is 2.69. The van der Waals surface area contributed by atoms with Gasteiger partial charge < -0.3 is 29.6 Å². The Kier molecular flexibility index (Phi) is 19.2. The van der Waals surface area contributed by atoms with E-state index in [1.807, 2.05) is 0 Å². The Labute approximate surface area is 141 Å². The van der Waals surface area contributed by atoms with Gasteiger partial charge in [0.05, 0.1) is 8.80 Å². The van der Waals surface area contributed by atoms with Crippen LogP contribution >= 0.6 is 0 Å². The largest absolute Gasteiger partial charge is 3.00 e. The molecule has 0 aromatic rings. The van der Waals surface area contributed by atoms with E-state index < -0.39 is 8.80 Å². The number of halogens is 2. The fourth-order valence-electron chi connectivity index (χ4n) is 1.67. The number of hydrogen-bond donors (Lipinski definition) is 0. The Hall–Kier alpha value is 0.951. The number of ether oxygens (including phenoxy) is 1. The number of rotatable bonds is 7. The summed E-state index contributed by atoms with van der Waals surface area (Å²) in [6, 6.07) is 0. The molecule has 0 N–H and O–H groups in total. The predicted octanol–water partition coefficient (Wildman–Crippen LogP) is -2.72. The minimum Gasteiger partial charge on any atom is -1.00 e. The summed E-state index contributed by atoms with van der Waals surface area (Å²) >= 11 is 0. The molecule has 0 aromatic heterocycles. The van der Waals surface area contributed by atoms with Crippen LogP contribution in [0.5, 0.6) is 0 Å². The van der Waals surface area contributed by atoms with Gasteiger partial charge in [0.25, 0.3) is 0 Å². The maximum Gasteiger partial charge on any atom is 3.00 e. The average molecular weight is 342 g/mol. The Bertz CT molecular complexity index is 245. The summed E-state index contributed by atoms with van der Waals surface area (Å²) in [7, 11) is -0.701. The van der Waals surface area contributed by atoms with E-state index in [1.165, 1.54) is 18.4 Å². The number of unbranched alkanes of at least 4 members (excludes halogenated alkanes) is 1. The minimum absolute atomic E-state index is 0. The molecule has 1 nitrogen and oxygen atoms in total. The van der Waals surface area contributed by atoms with Crippen LogP contribution < -0.4 is 24.8 Å². The quantitative estimate of drug-likeness (QED) is 0.278. The van der Waals surface area contributed by atoms with Crippen molar-refractivity contribution in [3.05, 3.63) is 23.8 Å². The van der Waals surface area contributed by atoms with Crippen LogP contribution in [0.4, 0.5) is 0 Å². The fourth-order valence-corrected chi connectivity index (χ4v) is 2.92. The van der Waals surface area contributed by atoms with Gasteiger partial charge in [-0.1, -0.05) is 26.4 Å². The molecule has 1 aliphatic carbocycles. The van der Waals surface area contributed by atoms with Crippen molar-refractivity contribution in [2.24, 2.45) is 0 Å². The van der Waals surface area contributed by atoms with E-state index in [0.29, 0.717) is 5.73 Å². The Morgan fingerprint density at radius 2 is 2.06 bits per heavy atom. The molecule has 0 aliphatic heterocycles. The third-order valence-corrected chi connectivity index (χ3v) is 4.68. The van der Waals surface area contributed by atoms with Crippen molar-refractivity contribution in [1.82, 2.24) is 0 Å². The molecule has 1 rings (SSSR count). The first kappa shape index (κ1) is 24.0. The normalized spacial score (nSPS) is 14.3. The van der Waals surface area contributed by atoms with Crippen LogP contribution in [-0.2, 0) is 26.5 Å². The predicted molar refractivity (Wildman–Crippen MR) is 68.7 cm³/mol. The van der Waals surface area contributed by atoms with Crippen molar-refractivity contribution >= 4 is 8.80 Å². The van der Waals surface area contributed by atoms with Gasteiger partial charge in [-0.25, -0.2) is 11.6 Å². The summed E-state index contributed by atoms with van der Waals surface area (Å²) in [4.78, 5) is 0. The molecular weight excluding hydrogens is 319 g/mol. The summed E-state index contributed by atoms with van der Waals surface area (Å²) in [5.74, 6) is 0. The van der Waals surface area contributed by atoms with E-state index in [9.17, 15) is 0 Å². The van der Waals surface area contributed by atoms with Gasteiger partial charge >= 0.3 is 21.7 Å². The maximum absolute atomic E-state index is 5.97. The minimum atomic E-state index is -0.701. The van der Waals surface area contributed by atoms with Crippen LogP contribution in [0.1, 0.15) is 32.6 Å². The van der Waals surface area contributed by atoms with Crippen molar-refractivity contribution in [2.45, 2.75) is 51.4 Å². The van der Waals surface area contributed by atoms with Gasteiger partial charge in [-0.15, -0.1) is 6.42 Å². The van der Waals surface area contributed by atoms with Gasteiger partial charge in [-0.05, 0) is 12.8 Å². The monoisotopic (exact) mass is 341 g/mol. The SMILES string of the molecule is CCCCOC(CC1=[C-]CC=C1)[SiH](C)C.[Cl-].[Cl-].[Ti+3]. The molecule has 5 heteroatoms. The second-order valence-electron chi connectivity index (χ2n) is 4.52. The Morgan fingerprint density at radius 3 is 2.50 bits per heavy atom. The molecule has 0 saturated carbocycles. The first-order valence-corrected chi connectivity index (χ1v) is 9.09. The van der Waals surface area contributed by atoms with Crippen molar-refractivity contribution in [3.63, 3.8) is 0 Å². The molecule has 1 unspecified atom stereocenters. The molecule has 0 heterocycles. The van der Waals surface area contributed by atoms with Gasteiger partial charge in [0.15, 0.2) is 0 Å². The van der Waals surface area contributed by atoms with E-state index >= 15 is 0 Å². The first-order chi connectivity index (χ1) is 7.24. The third-order valence-electron chi connectivity index (χ3n) is 2.76. The maximum atomic E-state index is 5.97. The van der Waals surface area contributed by atoms with Crippen LogP contribution in [0.2, 0.25) is 13.1 Å². The van der Waals surface area contributed by atoms with Crippen LogP contribution in [0.25, 0.3) is 0 Å².